The minimum absolute atomic E-state index is 0.233. The average molecular weight is 399 g/mol. The summed E-state index contributed by atoms with van der Waals surface area (Å²) in [5.41, 5.74) is 1.15. The molecule has 0 amide bonds. The quantitative estimate of drug-likeness (QED) is 0.592. The summed E-state index contributed by atoms with van der Waals surface area (Å²) in [4.78, 5) is 11.0. The number of thiol groups is 1. The highest BCUT2D eigenvalue weighted by molar-refractivity contribution is 9.10. The fraction of sp³-hybridized carbons (Fsp3) is 0.438. The first-order chi connectivity index (χ1) is 10.6. The molecule has 0 unspecified atom stereocenters. The number of carboxylic acid groups (broad SMARTS) is 1. The summed E-state index contributed by atoms with van der Waals surface area (Å²) >= 11 is 7.80. The maximum absolute atomic E-state index is 11.0. The highest BCUT2D eigenvalue weighted by atomic mass is 79.9. The van der Waals surface area contributed by atoms with Crippen LogP contribution in [0, 0.1) is 0 Å². The second-order valence-corrected chi connectivity index (χ2v) is 7.68. The molecule has 0 aliphatic carbocycles. The zero-order valence-corrected chi connectivity index (χ0v) is 16.1. The second kappa shape index (κ2) is 6.63. The van der Waals surface area contributed by atoms with Gasteiger partial charge in [0.2, 0.25) is 0 Å². The first kappa shape index (κ1) is 18.6. The third-order valence-electron chi connectivity index (χ3n) is 4.33. The Morgan fingerprint density at radius 1 is 1.30 bits per heavy atom. The highest BCUT2D eigenvalue weighted by Crippen LogP contribution is 2.39. The number of rotatable bonds is 4. The van der Waals surface area contributed by atoms with Crippen molar-refractivity contribution >= 4 is 47.7 Å². The van der Waals surface area contributed by atoms with Crippen molar-refractivity contribution in [1.29, 1.82) is 0 Å². The Labute approximate surface area is 150 Å². The van der Waals surface area contributed by atoms with Gasteiger partial charge >= 0.3 is 13.1 Å². The Bertz CT molecular complexity index is 641. The van der Waals surface area contributed by atoms with E-state index in [1.807, 2.05) is 33.8 Å². The SMILES string of the molecule is CC1(C)OB(C(=Cc2ccc(C(=O)O)cc2Br)CS)OC1(C)C. The van der Waals surface area contributed by atoms with Crippen molar-refractivity contribution in [3.8, 4) is 0 Å². The van der Waals surface area contributed by atoms with Crippen LogP contribution in [0.4, 0.5) is 0 Å². The molecule has 4 nitrogen and oxygen atoms in total. The van der Waals surface area contributed by atoms with Crippen molar-refractivity contribution in [3.05, 3.63) is 39.3 Å². The van der Waals surface area contributed by atoms with Gasteiger partial charge in [0.05, 0.1) is 16.8 Å². The lowest BCUT2D eigenvalue weighted by atomic mass is 9.78. The van der Waals surface area contributed by atoms with Crippen molar-refractivity contribution in [2.75, 3.05) is 5.75 Å². The minimum atomic E-state index is -0.957. The summed E-state index contributed by atoms with van der Waals surface area (Å²) in [6.07, 6.45) is 1.92. The molecule has 2 rings (SSSR count). The average Bonchev–Trinajstić information content (AvgIpc) is 2.65. The fourth-order valence-corrected chi connectivity index (χ4v) is 2.89. The van der Waals surface area contributed by atoms with E-state index in [1.54, 1.807) is 18.2 Å². The van der Waals surface area contributed by atoms with Crippen LogP contribution < -0.4 is 0 Å². The lowest BCUT2D eigenvalue weighted by Crippen LogP contribution is -2.41. The molecule has 1 saturated heterocycles. The Kier molecular flexibility index (Phi) is 5.35. The number of aromatic carboxylic acids is 1. The fourth-order valence-electron chi connectivity index (χ4n) is 2.16. The van der Waals surface area contributed by atoms with E-state index in [9.17, 15) is 4.79 Å². The molecule has 1 N–H and O–H groups in total. The van der Waals surface area contributed by atoms with E-state index in [4.69, 9.17) is 14.4 Å². The summed E-state index contributed by atoms with van der Waals surface area (Å²) in [7, 11) is -0.469. The molecule has 1 heterocycles. The van der Waals surface area contributed by atoms with Gasteiger partial charge in [-0.3, -0.25) is 0 Å². The molecule has 124 valence electrons. The zero-order valence-electron chi connectivity index (χ0n) is 13.6. The van der Waals surface area contributed by atoms with Gasteiger partial charge in [0.25, 0.3) is 0 Å². The molecule has 7 heteroatoms. The Morgan fingerprint density at radius 2 is 1.87 bits per heavy atom. The number of carboxylic acids is 1. The third kappa shape index (κ3) is 3.84. The summed E-state index contributed by atoms with van der Waals surface area (Å²) in [5, 5.41) is 9.03. The maximum Gasteiger partial charge on any atom is 0.491 e. The van der Waals surface area contributed by atoms with E-state index in [1.165, 1.54) is 0 Å². The van der Waals surface area contributed by atoms with Crippen LogP contribution in [0.25, 0.3) is 6.08 Å². The van der Waals surface area contributed by atoms with Crippen LogP contribution in [0.3, 0.4) is 0 Å². The molecule has 0 spiro atoms. The van der Waals surface area contributed by atoms with Crippen molar-refractivity contribution in [3.63, 3.8) is 0 Å². The Morgan fingerprint density at radius 3 is 2.30 bits per heavy atom. The molecule has 1 aromatic carbocycles. The molecule has 1 aliphatic rings. The van der Waals surface area contributed by atoms with Crippen molar-refractivity contribution in [2.45, 2.75) is 38.9 Å². The van der Waals surface area contributed by atoms with Crippen molar-refractivity contribution in [2.24, 2.45) is 0 Å². The van der Waals surface area contributed by atoms with E-state index in [0.717, 1.165) is 11.0 Å². The van der Waals surface area contributed by atoms with Gasteiger partial charge in [0.1, 0.15) is 0 Å². The van der Waals surface area contributed by atoms with Gasteiger partial charge in [-0.15, -0.1) is 0 Å². The molecule has 0 radical (unpaired) electrons. The Hall–Kier alpha value is -0.755. The predicted molar refractivity (Wildman–Crippen MR) is 99.0 cm³/mol. The van der Waals surface area contributed by atoms with Gasteiger partial charge < -0.3 is 14.4 Å². The van der Waals surface area contributed by atoms with Gasteiger partial charge in [-0.2, -0.15) is 12.6 Å². The molecule has 1 aromatic rings. The number of halogens is 1. The smallest absolute Gasteiger partial charge is 0.478 e. The van der Waals surface area contributed by atoms with Crippen LogP contribution in [-0.2, 0) is 9.31 Å². The largest absolute Gasteiger partial charge is 0.491 e. The van der Waals surface area contributed by atoms with E-state index in [2.05, 4.69) is 28.6 Å². The molecule has 0 bridgehead atoms. The summed E-state index contributed by atoms with van der Waals surface area (Å²) in [5.74, 6) is -0.481. The van der Waals surface area contributed by atoms with Gasteiger partial charge in [-0.05, 0) is 50.9 Å². The molecular weight excluding hydrogens is 379 g/mol. The second-order valence-electron chi connectivity index (χ2n) is 6.51. The van der Waals surface area contributed by atoms with E-state index in [-0.39, 0.29) is 5.56 Å². The predicted octanol–water partition coefficient (Wildman–Crippen LogP) is 4.09. The van der Waals surface area contributed by atoms with Crippen LogP contribution in [0.1, 0.15) is 43.6 Å². The molecule has 1 fully saturated rings. The summed E-state index contributed by atoms with van der Waals surface area (Å²) in [6.45, 7) is 8.00. The molecule has 1 aliphatic heterocycles. The topological polar surface area (TPSA) is 55.8 Å². The number of carbonyl (C=O) groups is 1. The van der Waals surface area contributed by atoms with E-state index < -0.39 is 24.3 Å². The van der Waals surface area contributed by atoms with Gasteiger partial charge in [0, 0.05) is 10.2 Å². The summed E-state index contributed by atoms with van der Waals surface area (Å²) < 4.78 is 12.8. The van der Waals surface area contributed by atoms with Crippen LogP contribution >= 0.6 is 28.6 Å². The van der Waals surface area contributed by atoms with Crippen molar-refractivity contribution < 1.29 is 19.2 Å². The summed E-state index contributed by atoms with van der Waals surface area (Å²) in [6, 6.07) is 4.90. The lowest BCUT2D eigenvalue weighted by molar-refractivity contribution is 0.00578. The molecule has 0 aromatic heterocycles. The number of hydrogen-bond donors (Lipinski definition) is 2. The highest BCUT2D eigenvalue weighted by Gasteiger charge is 2.52. The molecule has 0 atom stereocenters. The van der Waals surface area contributed by atoms with Crippen LogP contribution in [-0.4, -0.2) is 35.1 Å². The van der Waals surface area contributed by atoms with Gasteiger partial charge in [0.15, 0.2) is 0 Å². The van der Waals surface area contributed by atoms with Crippen LogP contribution in [0.15, 0.2) is 28.1 Å². The lowest BCUT2D eigenvalue weighted by Gasteiger charge is -2.32. The van der Waals surface area contributed by atoms with Crippen LogP contribution in [0.5, 0.6) is 0 Å². The van der Waals surface area contributed by atoms with E-state index >= 15 is 0 Å². The zero-order chi connectivity index (χ0) is 17.4. The Balaban J connectivity index is 2.32. The number of hydrogen-bond acceptors (Lipinski definition) is 4. The minimum Gasteiger partial charge on any atom is -0.478 e. The number of benzene rings is 1. The monoisotopic (exact) mass is 398 g/mol. The molecule has 23 heavy (non-hydrogen) atoms. The van der Waals surface area contributed by atoms with Gasteiger partial charge in [-0.25, -0.2) is 4.79 Å². The van der Waals surface area contributed by atoms with Gasteiger partial charge in [-0.1, -0.05) is 28.1 Å². The van der Waals surface area contributed by atoms with Crippen molar-refractivity contribution in [1.82, 2.24) is 0 Å². The standard InChI is InChI=1S/C16H20BBrO4S/c1-15(2)16(3,4)22-17(21-15)12(9-23)7-10-5-6-11(14(19)20)8-13(10)18/h5-8,23H,9H2,1-4H3,(H,19,20). The van der Waals surface area contributed by atoms with E-state index in [0.29, 0.717) is 10.2 Å². The maximum atomic E-state index is 11.0. The van der Waals surface area contributed by atoms with Crippen LogP contribution in [0.2, 0.25) is 0 Å². The molecular formula is C16H20BBrO4S. The normalized spacial score (nSPS) is 19.9. The first-order valence-corrected chi connectivity index (χ1v) is 8.70. The third-order valence-corrected chi connectivity index (χ3v) is 5.38. The first-order valence-electron chi connectivity index (χ1n) is 7.27. The molecule has 0 saturated carbocycles.